The van der Waals surface area contributed by atoms with Crippen LogP contribution in [0, 0.1) is 0 Å². The van der Waals surface area contributed by atoms with E-state index in [0.29, 0.717) is 0 Å². The minimum atomic E-state index is -1.25. The average Bonchev–Trinajstić information content (AvgIpc) is 1.82. The molecule has 0 bridgehead atoms. The van der Waals surface area contributed by atoms with Crippen LogP contribution in [0.1, 0.15) is 0 Å². The number of nitrogens with zero attached hydrogens (tertiary/aromatic N) is 1. The Balaban J connectivity index is 2.68. The molecule has 1 N–H and O–H groups in total. The van der Waals surface area contributed by atoms with Crippen LogP contribution in [0.15, 0.2) is 0 Å². The van der Waals surface area contributed by atoms with E-state index >= 15 is 0 Å². The van der Waals surface area contributed by atoms with Crippen LogP contribution in [-0.2, 0) is 9.59 Å². The second-order valence-electron chi connectivity index (χ2n) is 2.99. The number of thiol groups is 1. The smallest absolute Gasteiger partial charge is 0.241 e. The molecule has 2 amide bonds. The normalized spacial score (nSPS) is 22.2. The highest BCUT2D eigenvalue weighted by molar-refractivity contribution is 8.86. The van der Waals surface area contributed by atoms with E-state index in [-0.39, 0.29) is 24.9 Å². The molecule has 0 spiro atoms. The van der Waals surface area contributed by atoms with Crippen molar-refractivity contribution in [1.82, 2.24) is 9.62 Å². The highest BCUT2D eigenvalue weighted by Gasteiger charge is 2.28. The number of hydrogen-bond donors (Lipinski definition) is 2. The molecule has 1 saturated heterocycles. The van der Waals surface area contributed by atoms with Crippen molar-refractivity contribution in [3.63, 3.8) is 0 Å². The predicted molar refractivity (Wildman–Crippen MR) is 53.1 cm³/mol. The number of amides is 2. The van der Waals surface area contributed by atoms with Crippen LogP contribution in [0.4, 0.5) is 0 Å². The van der Waals surface area contributed by atoms with Crippen LogP contribution in [0.2, 0.25) is 0 Å². The Hall–Kier alpha value is -0.200. The Morgan fingerprint density at radius 3 is 2.08 bits per heavy atom. The lowest BCUT2D eigenvalue weighted by Crippen LogP contribution is -2.50. The summed E-state index contributed by atoms with van der Waals surface area (Å²) in [5.74, 6) is -0.471. The Labute approximate surface area is 77.9 Å². The van der Waals surface area contributed by atoms with Gasteiger partial charge in [0.05, 0.1) is 13.1 Å². The first kappa shape index (κ1) is 9.88. The summed E-state index contributed by atoms with van der Waals surface area (Å²) in [4.78, 5) is 21.9. The van der Waals surface area contributed by atoms with Gasteiger partial charge in [-0.15, -0.1) is 20.9 Å². The van der Waals surface area contributed by atoms with Gasteiger partial charge in [0.1, 0.15) is 0 Å². The first-order valence-electron chi connectivity index (χ1n) is 3.43. The molecular weight excluding hydrogens is 196 g/mol. The molecule has 0 saturated carbocycles. The van der Waals surface area contributed by atoms with E-state index in [2.05, 4.69) is 17.0 Å². The number of nitrogens with one attached hydrogen (secondary N) is 1. The van der Waals surface area contributed by atoms with Gasteiger partial charge in [-0.2, -0.15) is 0 Å². The van der Waals surface area contributed by atoms with Crippen molar-refractivity contribution in [2.45, 2.75) is 0 Å². The van der Waals surface area contributed by atoms with Gasteiger partial charge in [-0.25, -0.2) is 4.31 Å². The number of imide groups is 1. The van der Waals surface area contributed by atoms with Gasteiger partial charge in [0, 0.05) is 0 Å². The van der Waals surface area contributed by atoms with Gasteiger partial charge < -0.3 is 0 Å². The molecule has 0 aromatic carbocycles. The topological polar surface area (TPSA) is 49.4 Å². The maximum atomic E-state index is 10.9. The van der Waals surface area contributed by atoms with Gasteiger partial charge in [0.2, 0.25) is 11.8 Å². The summed E-state index contributed by atoms with van der Waals surface area (Å²) in [6.45, 7) is 0.551. The molecule has 4 nitrogen and oxygen atoms in total. The summed E-state index contributed by atoms with van der Waals surface area (Å²) < 4.78 is 1.80. The van der Waals surface area contributed by atoms with Crippen LogP contribution < -0.4 is 5.32 Å². The van der Waals surface area contributed by atoms with Crippen molar-refractivity contribution in [3.05, 3.63) is 0 Å². The predicted octanol–water partition coefficient (Wildman–Crippen LogP) is -0.231. The molecule has 0 radical (unpaired) electrons. The Morgan fingerprint density at radius 1 is 1.33 bits per heavy atom. The van der Waals surface area contributed by atoms with Gasteiger partial charge in [-0.05, 0) is 12.5 Å². The first-order chi connectivity index (χ1) is 5.39. The zero-order valence-corrected chi connectivity index (χ0v) is 8.74. The molecule has 1 heterocycles. The molecule has 1 rings (SSSR count). The van der Waals surface area contributed by atoms with Gasteiger partial charge in [0.15, 0.2) is 0 Å². The summed E-state index contributed by atoms with van der Waals surface area (Å²) in [6.07, 6.45) is 3.87. The maximum absolute atomic E-state index is 10.9. The van der Waals surface area contributed by atoms with Crippen molar-refractivity contribution in [1.29, 1.82) is 0 Å². The molecule has 1 aliphatic rings. The van der Waals surface area contributed by atoms with Gasteiger partial charge >= 0.3 is 0 Å². The molecule has 6 heteroatoms. The fourth-order valence-electron chi connectivity index (χ4n) is 0.927. The van der Waals surface area contributed by atoms with Crippen LogP contribution >= 0.6 is 20.9 Å². The number of rotatable bonds is 1. The van der Waals surface area contributed by atoms with E-state index < -0.39 is 9.25 Å². The third kappa shape index (κ3) is 2.40. The minimum absolute atomic E-state index is 0.235. The summed E-state index contributed by atoms with van der Waals surface area (Å²) in [5, 5.41) is 2.24. The zero-order chi connectivity index (χ0) is 9.35. The van der Waals surface area contributed by atoms with Crippen LogP contribution in [0.5, 0.6) is 0 Å². The van der Waals surface area contributed by atoms with Crippen molar-refractivity contribution in [2.75, 3.05) is 25.6 Å². The molecule has 70 valence electrons. The maximum Gasteiger partial charge on any atom is 0.241 e. The fourth-order valence-corrected chi connectivity index (χ4v) is 2.14. The highest BCUT2D eigenvalue weighted by atomic mass is 33.1. The third-order valence-corrected chi connectivity index (χ3v) is 3.77. The standard InChI is InChI=1S/C6H12N2O2S2/c1-12(2,11)8-3-5(9)7-6(10)4-8/h11H,3-4H2,1-2H3,(H,7,9,10). The van der Waals surface area contributed by atoms with Crippen molar-refractivity contribution in [2.24, 2.45) is 0 Å². The summed E-state index contributed by atoms with van der Waals surface area (Å²) in [7, 11) is -1.25. The van der Waals surface area contributed by atoms with E-state index in [0.717, 1.165) is 0 Å². The Bertz CT molecular complexity index is 208. The number of piperazine rings is 1. The van der Waals surface area contributed by atoms with E-state index in [1.165, 1.54) is 0 Å². The largest absolute Gasteiger partial charge is 0.294 e. The third-order valence-electron chi connectivity index (χ3n) is 1.55. The lowest BCUT2D eigenvalue weighted by molar-refractivity contribution is -0.133. The van der Waals surface area contributed by atoms with Gasteiger partial charge in [-0.3, -0.25) is 14.9 Å². The molecule has 1 fully saturated rings. The van der Waals surface area contributed by atoms with E-state index in [1.807, 2.05) is 12.5 Å². The second kappa shape index (κ2) is 3.27. The van der Waals surface area contributed by atoms with Gasteiger partial charge in [0.25, 0.3) is 0 Å². The summed E-state index contributed by atoms with van der Waals surface area (Å²) in [5.41, 5.74) is 0. The second-order valence-corrected chi connectivity index (χ2v) is 8.63. The summed E-state index contributed by atoms with van der Waals surface area (Å²) in [6, 6.07) is 0. The van der Waals surface area contributed by atoms with Crippen molar-refractivity contribution >= 4 is 32.7 Å². The first-order valence-corrected chi connectivity index (χ1v) is 6.89. The van der Waals surface area contributed by atoms with E-state index in [4.69, 9.17) is 0 Å². The number of carbonyl (C=O) groups excluding carboxylic acids is 2. The zero-order valence-electron chi connectivity index (χ0n) is 7.03. The van der Waals surface area contributed by atoms with E-state index in [9.17, 15) is 9.59 Å². The average molecular weight is 208 g/mol. The fraction of sp³-hybridized carbons (Fsp3) is 0.667. The lowest BCUT2D eigenvalue weighted by atomic mass is 10.4. The lowest BCUT2D eigenvalue weighted by Gasteiger charge is -2.39. The summed E-state index contributed by atoms with van der Waals surface area (Å²) >= 11 is 4.36. The number of carbonyl (C=O) groups is 2. The van der Waals surface area contributed by atoms with E-state index in [1.54, 1.807) is 4.31 Å². The highest BCUT2D eigenvalue weighted by Crippen LogP contribution is 2.48. The van der Waals surface area contributed by atoms with Crippen LogP contribution in [0.25, 0.3) is 0 Å². The van der Waals surface area contributed by atoms with Gasteiger partial charge in [-0.1, -0.05) is 0 Å². The molecule has 0 aromatic heterocycles. The molecule has 0 aliphatic carbocycles. The van der Waals surface area contributed by atoms with Crippen molar-refractivity contribution < 1.29 is 9.59 Å². The molecule has 12 heavy (non-hydrogen) atoms. The SMILES string of the molecule is CS(C)(S)N1CC(=O)NC(=O)C1. The van der Waals surface area contributed by atoms with Crippen LogP contribution in [0.3, 0.4) is 0 Å². The molecule has 0 aromatic rings. The molecular formula is C6H12N2O2S2. The quantitative estimate of drug-likeness (QED) is 0.355. The van der Waals surface area contributed by atoms with Crippen molar-refractivity contribution in [3.8, 4) is 0 Å². The van der Waals surface area contributed by atoms with Crippen LogP contribution in [-0.4, -0.2) is 41.7 Å². The Kier molecular flexibility index (Phi) is 2.70. The number of hydrogen-bond acceptors (Lipinski definition) is 4. The molecule has 0 unspecified atom stereocenters. The monoisotopic (exact) mass is 208 g/mol. The minimum Gasteiger partial charge on any atom is -0.294 e. The molecule has 0 atom stereocenters. The molecule has 1 aliphatic heterocycles. The Morgan fingerprint density at radius 2 is 1.75 bits per heavy atom.